The summed E-state index contributed by atoms with van der Waals surface area (Å²) in [6.45, 7) is 3.40. The average molecular weight is 246 g/mol. The highest BCUT2D eigenvalue weighted by Gasteiger charge is 2.02. The number of carbonyl (C=O) groups is 1. The predicted molar refractivity (Wildman–Crippen MR) is 71.6 cm³/mol. The Labute approximate surface area is 106 Å². The Morgan fingerprint density at radius 1 is 1.39 bits per heavy atom. The summed E-state index contributed by atoms with van der Waals surface area (Å²) in [7, 11) is 0. The largest absolute Gasteiger partial charge is 0.371 e. The monoisotopic (exact) mass is 246 g/mol. The average Bonchev–Trinajstić information content (AvgIpc) is 2.85. The van der Waals surface area contributed by atoms with E-state index >= 15 is 0 Å². The molecule has 2 N–H and O–H groups in total. The summed E-state index contributed by atoms with van der Waals surface area (Å²) in [4.78, 5) is 15.6. The summed E-state index contributed by atoms with van der Waals surface area (Å²) in [5, 5.41) is 6.10. The van der Waals surface area contributed by atoms with E-state index in [0.717, 1.165) is 24.4 Å². The van der Waals surface area contributed by atoms with Crippen molar-refractivity contribution in [3.63, 3.8) is 0 Å². The summed E-state index contributed by atoms with van der Waals surface area (Å²) in [5.41, 5.74) is 0.899. The minimum absolute atomic E-state index is 0.0853. The number of pyridine rings is 1. The van der Waals surface area contributed by atoms with Gasteiger partial charge in [0.15, 0.2) is 0 Å². The van der Waals surface area contributed by atoms with Crippen molar-refractivity contribution in [3.05, 3.63) is 30.6 Å². The van der Waals surface area contributed by atoms with Crippen LogP contribution in [0, 0.1) is 0 Å². The van der Waals surface area contributed by atoms with E-state index in [-0.39, 0.29) is 5.91 Å². The van der Waals surface area contributed by atoms with Gasteiger partial charge in [0.1, 0.15) is 11.5 Å². The van der Waals surface area contributed by atoms with Crippen molar-refractivity contribution in [3.8, 4) is 0 Å². The molecule has 0 aromatic carbocycles. The highest BCUT2D eigenvalue weighted by Crippen LogP contribution is 2.10. The van der Waals surface area contributed by atoms with Gasteiger partial charge in [-0.3, -0.25) is 9.20 Å². The van der Waals surface area contributed by atoms with Crippen molar-refractivity contribution in [1.29, 1.82) is 0 Å². The van der Waals surface area contributed by atoms with E-state index in [4.69, 9.17) is 0 Å². The molecule has 0 aliphatic heterocycles. The molecule has 2 heterocycles. The first-order valence-electron chi connectivity index (χ1n) is 6.24. The standard InChI is InChI=1S/C13H18N4O/c1-2-7-16-13(18)6-8-14-11-4-3-5-12-15-9-10-17(11)12/h3-5,9-10,14H,2,6-8H2,1H3,(H,16,18). The lowest BCUT2D eigenvalue weighted by Crippen LogP contribution is -2.26. The third kappa shape index (κ3) is 3.00. The van der Waals surface area contributed by atoms with E-state index in [1.807, 2.05) is 35.7 Å². The van der Waals surface area contributed by atoms with Gasteiger partial charge >= 0.3 is 0 Å². The van der Waals surface area contributed by atoms with Gasteiger partial charge in [0.2, 0.25) is 5.91 Å². The van der Waals surface area contributed by atoms with Crippen molar-refractivity contribution in [1.82, 2.24) is 14.7 Å². The second-order valence-corrected chi connectivity index (χ2v) is 4.09. The number of anilines is 1. The number of nitrogens with zero attached hydrogens (tertiary/aromatic N) is 2. The molecule has 0 saturated heterocycles. The van der Waals surface area contributed by atoms with Crippen LogP contribution in [0.5, 0.6) is 0 Å². The molecule has 0 aliphatic carbocycles. The van der Waals surface area contributed by atoms with E-state index in [1.165, 1.54) is 0 Å². The van der Waals surface area contributed by atoms with Gasteiger partial charge < -0.3 is 10.6 Å². The molecule has 0 atom stereocenters. The summed E-state index contributed by atoms with van der Waals surface area (Å²) < 4.78 is 1.96. The topological polar surface area (TPSA) is 58.4 Å². The molecular formula is C13H18N4O. The van der Waals surface area contributed by atoms with Crippen LogP contribution in [0.3, 0.4) is 0 Å². The van der Waals surface area contributed by atoms with Crippen molar-refractivity contribution in [2.24, 2.45) is 0 Å². The van der Waals surface area contributed by atoms with Gasteiger partial charge in [-0.1, -0.05) is 13.0 Å². The Balaban J connectivity index is 1.87. The molecule has 2 rings (SSSR count). The van der Waals surface area contributed by atoms with Gasteiger partial charge in [0, 0.05) is 31.9 Å². The van der Waals surface area contributed by atoms with Crippen molar-refractivity contribution in [2.45, 2.75) is 19.8 Å². The quantitative estimate of drug-likeness (QED) is 0.815. The number of nitrogens with one attached hydrogen (secondary N) is 2. The van der Waals surface area contributed by atoms with E-state index in [9.17, 15) is 4.79 Å². The van der Waals surface area contributed by atoms with Crippen LogP contribution in [0.15, 0.2) is 30.6 Å². The number of fused-ring (bicyclic) bond motifs is 1. The van der Waals surface area contributed by atoms with E-state index in [2.05, 4.69) is 15.6 Å². The van der Waals surface area contributed by atoms with Gasteiger partial charge in [0.25, 0.3) is 0 Å². The first-order chi connectivity index (χ1) is 8.81. The number of aromatic nitrogens is 2. The lowest BCUT2D eigenvalue weighted by molar-refractivity contribution is -0.120. The molecule has 0 bridgehead atoms. The fourth-order valence-electron chi connectivity index (χ4n) is 1.75. The minimum atomic E-state index is 0.0853. The normalized spacial score (nSPS) is 10.5. The Hall–Kier alpha value is -2.04. The van der Waals surface area contributed by atoms with Gasteiger partial charge in [-0.25, -0.2) is 4.98 Å². The van der Waals surface area contributed by atoms with Gasteiger partial charge in [-0.2, -0.15) is 0 Å². The molecular weight excluding hydrogens is 228 g/mol. The number of amides is 1. The highest BCUT2D eigenvalue weighted by atomic mass is 16.1. The smallest absolute Gasteiger partial charge is 0.221 e. The van der Waals surface area contributed by atoms with Crippen LogP contribution in [0.1, 0.15) is 19.8 Å². The maximum atomic E-state index is 11.4. The molecule has 96 valence electrons. The molecule has 0 saturated carbocycles. The molecule has 5 nitrogen and oxygen atoms in total. The van der Waals surface area contributed by atoms with Crippen molar-refractivity contribution >= 4 is 17.4 Å². The number of imidazole rings is 1. The summed E-state index contributed by atoms with van der Waals surface area (Å²) in [6, 6.07) is 5.86. The number of hydrogen-bond donors (Lipinski definition) is 2. The van der Waals surface area contributed by atoms with Crippen LogP contribution < -0.4 is 10.6 Å². The maximum absolute atomic E-state index is 11.4. The molecule has 2 aromatic rings. The summed E-state index contributed by atoms with van der Waals surface area (Å²) in [6.07, 6.45) is 5.10. The summed E-state index contributed by atoms with van der Waals surface area (Å²) >= 11 is 0. The zero-order valence-corrected chi connectivity index (χ0v) is 10.5. The van der Waals surface area contributed by atoms with Crippen molar-refractivity contribution in [2.75, 3.05) is 18.4 Å². The van der Waals surface area contributed by atoms with Crippen molar-refractivity contribution < 1.29 is 4.79 Å². The van der Waals surface area contributed by atoms with E-state index < -0.39 is 0 Å². The summed E-state index contributed by atoms with van der Waals surface area (Å²) in [5.74, 6) is 1.04. The molecule has 1 amide bonds. The molecule has 0 fully saturated rings. The number of hydrogen-bond acceptors (Lipinski definition) is 3. The number of carbonyl (C=O) groups excluding carboxylic acids is 1. The van der Waals surface area contributed by atoms with Gasteiger partial charge in [-0.05, 0) is 18.6 Å². The lowest BCUT2D eigenvalue weighted by atomic mass is 10.3. The second-order valence-electron chi connectivity index (χ2n) is 4.09. The second kappa shape index (κ2) is 6.05. The molecule has 18 heavy (non-hydrogen) atoms. The first-order valence-corrected chi connectivity index (χ1v) is 6.24. The van der Waals surface area contributed by atoms with Gasteiger partial charge in [0.05, 0.1) is 0 Å². The van der Waals surface area contributed by atoms with Crippen LogP contribution in [0.2, 0.25) is 0 Å². The fraction of sp³-hybridized carbons (Fsp3) is 0.385. The first kappa shape index (κ1) is 12.4. The van der Waals surface area contributed by atoms with Crippen LogP contribution in [-0.2, 0) is 4.79 Å². The van der Waals surface area contributed by atoms with Crippen LogP contribution in [-0.4, -0.2) is 28.4 Å². The Morgan fingerprint density at radius 3 is 3.11 bits per heavy atom. The SMILES string of the molecule is CCCNC(=O)CCNc1cccc2nccn12. The van der Waals surface area contributed by atoms with Crippen LogP contribution in [0.4, 0.5) is 5.82 Å². The third-order valence-corrected chi connectivity index (χ3v) is 2.66. The van der Waals surface area contributed by atoms with E-state index in [0.29, 0.717) is 13.0 Å². The van der Waals surface area contributed by atoms with Gasteiger partial charge in [-0.15, -0.1) is 0 Å². The molecule has 2 aromatic heterocycles. The fourth-order valence-corrected chi connectivity index (χ4v) is 1.75. The lowest BCUT2D eigenvalue weighted by Gasteiger charge is -2.08. The Morgan fingerprint density at radius 2 is 2.28 bits per heavy atom. The zero-order valence-electron chi connectivity index (χ0n) is 10.5. The Kier molecular flexibility index (Phi) is 4.17. The molecule has 5 heteroatoms. The Bertz CT molecular complexity index is 520. The molecule has 0 aliphatic rings. The highest BCUT2D eigenvalue weighted by molar-refractivity contribution is 5.76. The zero-order chi connectivity index (χ0) is 12.8. The van der Waals surface area contributed by atoms with Crippen LogP contribution >= 0.6 is 0 Å². The van der Waals surface area contributed by atoms with Crippen LogP contribution in [0.25, 0.3) is 5.65 Å². The molecule has 0 radical (unpaired) electrons. The predicted octanol–water partition coefficient (Wildman–Crippen LogP) is 1.66. The molecule has 0 unspecified atom stereocenters. The third-order valence-electron chi connectivity index (χ3n) is 2.66. The minimum Gasteiger partial charge on any atom is -0.371 e. The molecule has 0 spiro atoms. The van der Waals surface area contributed by atoms with E-state index in [1.54, 1.807) is 6.20 Å². The maximum Gasteiger partial charge on any atom is 0.221 e. The number of rotatable bonds is 6.